The summed E-state index contributed by atoms with van der Waals surface area (Å²) < 4.78 is 0. The zero-order valence-corrected chi connectivity index (χ0v) is 10.1. The Hall–Kier alpha value is -1.96. The van der Waals surface area contributed by atoms with Gasteiger partial charge in [-0.15, -0.1) is 0 Å². The van der Waals surface area contributed by atoms with Crippen LogP contribution in [0.3, 0.4) is 0 Å². The number of pyridine rings is 1. The van der Waals surface area contributed by atoms with Crippen molar-refractivity contribution in [3.8, 4) is 0 Å². The van der Waals surface area contributed by atoms with Crippen LogP contribution in [0.15, 0.2) is 48.8 Å². The predicted molar refractivity (Wildman–Crippen MR) is 68.2 cm³/mol. The number of Topliss-reactive ketones (excluding diaryl/α,β-unsaturated/α-hetero) is 1. The molecule has 2 nitrogen and oxygen atoms in total. The Labute approximate surface area is 101 Å². The molecule has 0 amide bonds. The Balaban J connectivity index is 2.30. The lowest BCUT2D eigenvalue weighted by molar-refractivity contribution is 0.0965. The minimum atomic E-state index is -0.126. The van der Waals surface area contributed by atoms with Crippen LogP contribution in [0.25, 0.3) is 0 Å². The Morgan fingerprint density at radius 1 is 1.18 bits per heavy atom. The zero-order chi connectivity index (χ0) is 12.3. The van der Waals surface area contributed by atoms with Crippen LogP contribution in [0.4, 0.5) is 0 Å². The van der Waals surface area contributed by atoms with E-state index in [1.165, 1.54) is 0 Å². The fraction of sp³-hybridized carbons (Fsp3) is 0.200. The number of aryl methyl sites for hydroxylation is 1. The number of hydrogen-bond donors (Lipinski definition) is 0. The van der Waals surface area contributed by atoms with E-state index in [0.29, 0.717) is 5.56 Å². The molecule has 0 aliphatic heterocycles. The maximum atomic E-state index is 12.3. The molecular formula is C15H15NO. The molecule has 1 aromatic carbocycles. The third kappa shape index (κ3) is 2.41. The topological polar surface area (TPSA) is 30.0 Å². The monoisotopic (exact) mass is 225 g/mol. The maximum Gasteiger partial charge on any atom is 0.171 e. The van der Waals surface area contributed by atoms with Gasteiger partial charge in [-0.2, -0.15) is 0 Å². The van der Waals surface area contributed by atoms with Crippen LogP contribution in [-0.2, 0) is 0 Å². The average molecular weight is 225 g/mol. The molecule has 2 aromatic rings. The first kappa shape index (κ1) is 11.5. The average Bonchev–Trinajstić information content (AvgIpc) is 2.39. The molecule has 1 aromatic heterocycles. The van der Waals surface area contributed by atoms with Crippen molar-refractivity contribution in [1.82, 2.24) is 4.98 Å². The van der Waals surface area contributed by atoms with Crippen LogP contribution >= 0.6 is 0 Å². The third-order valence-corrected chi connectivity index (χ3v) is 3.00. The zero-order valence-electron chi connectivity index (χ0n) is 10.1. The van der Waals surface area contributed by atoms with Crippen molar-refractivity contribution in [3.05, 3.63) is 65.5 Å². The van der Waals surface area contributed by atoms with Gasteiger partial charge in [-0.05, 0) is 24.1 Å². The molecule has 1 heterocycles. The van der Waals surface area contributed by atoms with Crippen molar-refractivity contribution >= 4 is 5.78 Å². The number of hydrogen-bond acceptors (Lipinski definition) is 2. The van der Waals surface area contributed by atoms with E-state index in [1.807, 2.05) is 50.2 Å². The van der Waals surface area contributed by atoms with Crippen molar-refractivity contribution in [2.75, 3.05) is 0 Å². The second-order valence-corrected chi connectivity index (χ2v) is 4.19. The molecule has 0 aliphatic carbocycles. The molecule has 0 fully saturated rings. The summed E-state index contributed by atoms with van der Waals surface area (Å²) in [5.74, 6) is 0.000833. The van der Waals surface area contributed by atoms with Gasteiger partial charge in [0.1, 0.15) is 0 Å². The van der Waals surface area contributed by atoms with Gasteiger partial charge in [0.25, 0.3) is 0 Å². The van der Waals surface area contributed by atoms with E-state index < -0.39 is 0 Å². The standard InChI is InChI=1S/C15H15NO/c1-11-8-9-16-10-14(11)15(17)12(2)13-6-4-3-5-7-13/h3-10,12H,1-2H3. The fourth-order valence-electron chi connectivity index (χ4n) is 1.85. The summed E-state index contributed by atoms with van der Waals surface area (Å²) in [5.41, 5.74) is 2.73. The molecule has 0 spiro atoms. The van der Waals surface area contributed by atoms with Crippen LogP contribution in [0.5, 0.6) is 0 Å². The van der Waals surface area contributed by atoms with Gasteiger partial charge < -0.3 is 0 Å². The molecule has 17 heavy (non-hydrogen) atoms. The molecule has 2 heteroatoms. The van der Waals surface area contributed by atoms with E-state index in [0.717, 1.165) is 11.1 Å². The molecule has 1 unspecified atom stereocenters. The normalized spacial score (nSPS) is 12.1. The highest BCUT2D eigenvalue weighted by Gasteiger charge is 2.18. The number of rotatable bonds is 3. The molecule has 2 rings (SSSR count). The smallest absolute Gasteiger partial charge is 0.171 e. The number of aromatic nitrogens is 1. The summed E-state index contributed by atoms with van der Waals surface area (Å²) in [5, 5.41) is 0. The molecule has 1 atom stereocenters. The second-order valence-electron chi connectivity index (χ2n) is 4.19. The van der Waals surface area contributed by atoms with E-state index in [-0.39, 0.29) is 11.7 Å². The van der Waals surface area contributed by atoms with Crippen molar-refractivity contribution in [1.29, 1.82) is 0 Å². The van der Waals surface area contributed by atoms with E-state index in [2.05, 4.69) is 4.98 Å². The van der Waals surface area contributed by atoms with Gasteiger partial charge in [0.05, 0.1) is 0 Å². The highest BCUT2D eigenvalue weighted by molar-refractivity contribution is 6.01. The summed E-state index contributed by atoms with van der Waals surface area (Å²) in [6.45, 7) is 3.87. The summed E-state index contributed by atoms with van der Waals surface area (Å²) in [7, 11) is 0. The van der Waals surface area contributed by atoms with Crippen molar-refractivity contribution in [3.63, 3.8) is 0 Å². The lowest BCUT2D eigenvalue weighted by atomic mass is 9.91. The van der Waals surface area contributed by atoms with E-state index in [1.54, 1.807) is 12.4 Å². The molecule has 0 aliphatic rings. The number of benzene rings is 1. The second kappa shape index (κ2) is 4.91. The Bertz CT molecular complexity index is 519. The number of carbonyl (C=O) groups excluding carboxylic acids is 1. The fourth-order valence-corrected chi connectivity index (χ4v) is 1.85. The lowest BCUT2D eigenvalue weighted by Crippen LogP contribution is -2.11. The van der Waals surface area contributed by atoms with Gasteiger partial charge in [-0.1, -0.05) is 37.3 Å². The van der Waals surface area contributed by atoms with Crippen molar-refractivity contribution < 1.29 is 4.79 Å². The van der Waals surface area contributed by atoms with E-state index in [4.69, 9.17) is 0 Å². The third-order valence-electron chi connectivity index (χ3n) is 3.00. The predicted octanol–water partition coefficient (Wildman–Crippen LogP) is 3.38. The van der Waals surface area contributed by atoms with Crippen LogP contribution in [0.2, 0.25) is 0 Å². The van der Waals surface area contributed by atoms with Gasteiger partial charge in [0, 0.05) is 23.9 Å². The minimum Gasteiger partial charge on any atom is -0.293 e. The summed E-state index contributed by atoms with van der Waals surface area (Å²) in [6.07, 6.45) is 3.36. The first-order chi connectivity index (χ1) is 8.20. The van der Waals surface area contributed by atoms with Gasteiger partial charge in [0.15, 0.2) is 5.78 Å². The largest absolute Gasteiger partial charge is 0.293 e. The Morgan fingerprint density at radius 2 is 1.88 bits per heavy atom. The number of nitrogens with zero attached hydrogens (tertiary/aromatic N) is 1. The molecule has 0 saturated heterocycles. The van der Waals surface area contributed by atoms with Gasteiger partial charge in [-0.3, -0.25) is 9.78 Å². The number of carbonyl (C=O) groups is 1. The van der Waals surface area contributed by atoms with Crippen molar-refractivity contribution in [2.24, 2.45) is 0 Å². The highest BCUT2D eigenvalue weighted by atomic mass is 16.1. The quantitative estimate of drug-likeness (QED) is 0.749. The molecule has 0 N–H and O–H groups in total. The van der Waals surface area contributed by atoms with Gasteiger partial charge in [-0.25, -0.2) is 0 Å². The van der Waals surface area contributed by atoms with Gasteiger partial charge in [0.2, 0.25) is 0 Å². The maximum absolute atomic E-state index is 12.3. The van der Waals surface area contributed by atoms with Crippen LogP contribution < -0.4 is 0 Å². The van der Waals surface area contributed by atoms with E-state index >= 15 is 0 Å². The Morgan fingerprint density at radius 3 is 2.53 bits per heavy atom. The molecular weight excluding hydrogens is 210 g/mol. The van der Waals surface area contributed by atoms with Crippen LogP contribution in [0, 0.1) is 6.92 Å². The minimum absolute atomic E-state index is 0.126. The first-order valence-electron chi connectivity index (χ1n) is 5.70. The summed E-state index contributed by atoms with van der Waals surface area (Å²) in [6, 6.07) is 11.7. The van der Waals surface area contributed by atoms with Crippen LogP contribution in [-0.4, -0.2) is 10.8 Å². The molecule has 0 radical (unpaired) electrons. The Kier molecular flexibility index (Phi) is 3.33. The molecule has 0 saturated carbocycles. The summed E-state index contributed by atoms with van der Waals surface area (Å²) in [4.78, 5) is 16.3. The summed E-state index contributed by atoms with van der Waals surface area (Å²) >= 11 is 0. The first-order valence-corrected chi connectivity index (χ1v) is 5.70. The van der Waals surface area contributed by atoms with E-state index in [9.17, 15) is 4.79 Å². The molecule has 0 bridgehead atoms. The van der Waals surface area contributed by atoms with Crippen LogP contribution in [0.1, 0.15) is 34.3 Å². The van der Waals surface area contributed by atoms with Crippen molar-refractivity contribution in [2.45, 2.75) is 19.8 Å². The SMILES string of the molecule is Cc1ccncc1C(=O)C(C)c1ccccc1. The highest BCUT2D eigenvalue weighted by Crippen LogP contribution is 2.21. The lowest BCUT2D eigenvalue weighted by Gasteiger charge is -2.12. The molecule has 86 valence electrons. The van der Waals surface area contributed by atoms with Gasteiger partial charge >= 0.3 is 0 Å². The number of ketones is 1.